The third-order valence-electron chi connectivity index (χ3n) is 3.73. The molecule has 26 heavy (non-hydrogen) atoms. The van der Waals surface area contributed by atoms with Crippen LogP contribution in [0.3, 0.4) is 0 Å². The Morgan fingerprint density at radius 2 is 1.85 bits per heavy atom. The minimum atomic E-state index is -4.41. The summed E-state index contributed by atoms with van der Waals surface area (Å²) in [5, 5.41) is 10.3. The number of anilines is 2. The third-order valence-corrected chi connectivity index (χ3v) is 3.73. The topological polar surface area (TPSA) is 79.4 Å². The molecule has 130 valence electrons. The van der Waals surface area contributed by atoms with E-state index < -0.39 is 11.7 Å². The van der Waals surface area contributed by atoms with Crippen LogP contribution in [0, 0.1) is 0 Å². The highest BCUT2D eigenvalue weighted by atomic mass is 19.4. The largest absolute Gasteiger partial charge is 0.416 e. The summed E-state index contributed by atoms with van der Waals surface area (Å²) in [6.45, 7) is 0. The highest BCUT2D eigenvalue weighted by molar-refractivity contribution is 5.90. The van der Waals surface area contributed by atoms with Crippen LogP contribution >= 0.6 is 0 Å². The van der Waals surface area contributed by atoms with Crippen molar-refractivity contribution in [3.05, 3.63) is 60.6 Å². The molecule has 0 fully saturated rings. The Kier molecular flexibility index (Phi) is 3.76. The molecule has 3 heterocycles. The van der Waals surface area contributed by atoms with Gasteiger partial charge in [-0.15, -0.1) is 0 Å². The second-order valence-electron chi connectivity index (χ2n) is 5.46. The van der Waals surface area contributed by atoms with Crippen LogP contribution in [0.1, 0.15) is 5.56 Å². The Morgan fingerprint density at radius 3 is 2.69 bits per heavy atom. The van der Waals surface area contributed by atoms with E-state index in [1.54, 1.807) is 24.5 Å². The second-order valence-corrected chi connectivity index (χ2v) is 5.46. The van der Waals surface area contributed by atoms with Crippen LogP contribution in [-0.2, 0) is 6.18 Å². The van der Waals surface area contributed by atoms with E-state index in [0.717, 1.165) is 23.1 Å². The molecular weight excluding hydrogens is 345 g/mol. The van der Waals surface area contributed by atoms with E-state index in [0.29, 0.717) is 11.3 Å². The molecule has 0 amide bonds. The normalized spacial score (nSPS) is 11.7. The molecule has 4 aromatic rings. The summed E-state index contributed by atoms with van der Waals surface area (Å²) in [6, 6.07) is 8.36. The van der Waals surface area contributed by atoms with E-state index in [9.17, 15) is 13.2 Å². The summed E-state index contributed by atoms with van der Waals surface area (Å²) >= 11 is 0. The predicted octanol–water partition coefficient (Wildman–Crippen LogP) is 4.18. The monoisotopic (exact) mass is 356 g/mol. The van der Waals surface area contributed by atoms with Crippen molar-refractivity contribution in [2.75, 3.05) is 5.32 Å². The molecule has 2 N–H and O–H groups in total. The van der Waals surface area contributed by atoms with Crippen molar-refractivity contribution in [3.63, 3.8) is 0 Å². The van der Waals surface area contributed by atoms with E-state index >= 15 is 0 Å². The third kappa shape index (κ3) is 3.06. The summed E-state index contributed by atoms with van der Waals surface area (Å²) < 4.78 is 38.5. The number of nitrogens with one attached hydrogen (secondary N) is 2. The van der Waals surface area contributed by atoms with Crippen molar-refractivity contribution in [2.45, 2.75) is 6.18 Å². The standard InChI is InChI=1S/C17H11F3N6/c18-17(19,20)10-2-1-3-11(8-10)24-16-22-7-5-14(25-16)12-4-6-21-15-13(12)9-23-26-15/h1-9H,(H,21,23,26)(H,22,24,25). The number of aromatic amines is 1. The highest BCUT2D eigenvalue weighted by Crippen LogP contribution is 2.31. The molecule has 0 atom stereocenters. The first-order chi connectivity index (χ1) is 12.5. The Bertz CT molecular complexity index is 1070. The summed E-state index contributed by atoms with van der Waals surface area (Å²) in [6.07, 6.45) is 0.381. The molecule has 0 radical (unpaired) electrons. The number of hydrogen-bond donors (Lipinski definition) is 2. The molecule has 4 rings (SSSR count). The van der Waals surface area contributed by atoms with Gasteiger partial charge >= 0.3 is 6.18 Å². The van der Waals surface area contributed by atoms with Gasteiger partial charge in [-0.05, 0) is 30.3 Å². The van der Waals surface area contributed by atoms with Gasteiger partial charge in [0.1, 0.15) is 0 Å². The molecule has 3 aromatic heterocycles. The highest BCUT2D eigenvalue weighted by Gasteiger charge is 2.30. The average molecular weight is 356 g/mol. The number of rotatable bonds is 3. The summed E-state index contributed by atoms with van der Waals surface area (Å²) in [5.74, 6) is 0.190. The first kappa shape index (κ1) is 16.0. The number of alkyl halides is 3. The van der Waals surface area contributed by atoms with Gasteiger partial charge in [-0.25, -0.2) is 15.0 Å². The van der Waals surface area contributed by atoms with E-state index in [-0.39, 0.29) is 11.6 Å². The van der Waals surface area contributed by atoms with Crippen LogP contribution < -0.4 is 5.32 Å². The Morgan fingerprint density at radius 1 is 1.00 bits per heavy atom. The van der Waals surface area contributed by atoms with Gasteiger partial charge in [0.2, 0.25) is 5.95 Å². The molecule has 0 bridgehead atoms. The number of halogens is 3. The summed E-state index contributed by atoms with van der Waals surface area (Å²) in [7, 11) is 0. The van der Waals surface area contributed by atoms with Crippen molar-refractivity contribution >= 4 is 22.7 Å². The average Bonchev–Trinajstić information content (AvgIpc) is 3.10. The van der Waals surface area contributed by atoms with Crippen LogP contribution in [0.15, 0.2) is 55.0 Å². The quantitative estimate of drug-likeness (QED) is 0.576. The fraction of sp³-hybridized carbons (Fsp3) is 0.0588. The smallest absolute Gasteiger partial charge is 0.324 e. The van der Waals surface area contributed by atoms with Gasteiger partial charge in [0.15, 0.2) is 5.65 Å². The molecular formula is C17H11F3N6. The number of benzene rings is 1. The fourth-order valence-electron chi connectivity index (χ4n) is 2.55. The number of pyridine rings is 1. The number of hydrogen-bond acceptors (Lipinski definition) is 5. The van der Waals surface area contributed by atoms with E-state index in [1.807, 2.05) is 0 Å². The number of fused-ring (bicyclic) bond motifs is 1. The second kappa shape index (κ2) is 6.10. The lowest BCUT2D eigenvalue weighted by Crippen LogP contribution is -2.05. The minimum absolute atomic E-state index is 0.190. The van der Waals surface area contributed by atoms with Gasteiger partial charge in [0.05, 0.1) is 17.5 Å². The van der Waals surface area contributed by atoms with Crippen molar-refractivity contribution in [3.8, 4) is 11.3 Å². The van der Waals surface area contributed by atoms with Gasteiger partial charge in [-0.1, -0.05) is 6.07 Å². The predicted molar refractivity (Wildman–Crippen MR) is 89.6 cm³/mol. The van der Waals surface area contributed by atoms with E-state index in [2.05, 4.69) is 30.5 Å². The zero-order valence-electron chi connectivity index (χ0n) is 13.1. The first-order valence-electron chi connectivity index (χ1n) is 7.56. The Hall–Kier alpha value is -3.49. The van der Waals surface area contributed by atoms with Crippen LogP contribution in [0.2, 0.25) is 0 Å². The van der Waals surface area contributed by atoms with Crippen molar-refractivity contribution < 1.29 is 13.2 Å². The van der Waals surface area contributed by atoms with Gasteiger partial charge in [0, 0.05) is 29.0 Å². The zero-order valence-corrected chi connectivity index (χ0v) is 13.1. The van der Waals surface area contributed by atoms with Crippen molar-refractivity contribution in [1.82, 2.24) is 25.1 Å². The molecule has 6 nitrogen and oxygen atoms in total. The molecule has 0 unspecified atom stereocenters. The number of nitrogens with zero attached hydrogens (tertiary/aromatic N) is 4. The van der Waals surface area contributed by atoms with E-state index in [4.69, 9.17) is 0 Å². The molecule has 0 aliphatic heterocycles. The van der Waals surface area contributed by atoms with Gasteiger partial charge in [0.25, 0.3) is 0 Å². The maximum Gasteiger partial charge on any atom is 0.416 e. The lowest BCUT2D eigenvalue weighted by molar-refractivity contribution is -0.137. The zero-order chi connectivity index (χ0) is 18.1. The summed E-state index contributed by atoms with van der Waals surface area (Å²) in [4.78, 5) is 12.6. The molecule has 0 aliphatic carbocycles. The molecule has 9 heteroatoms. The van der Waals surface area contributed by atoms with Gasteiger partial charge in [-0.3, -0.25) is 5.10 Å². The van der Waals surface area contributed by atoms with E-state index in [1.165, 1.54) is 18.3 Å². The van der Waals surface area contributed by atoms with Crippen molar-refractivity contribution in [1.29, 1.82) is 0 Å². The first-order valence-corrected chi connectivity index (χ1v) is 7.56. The van der Waals surface area contributed by atoms with Crippen LogP contribution in [-0.4, -0.2) is 25.1 Å². The number of aromatic nitrogens is 5. The Balaban J connectivity index is 1.68. The maximum absolute atomic E-state index is 12.8. The van der Waals surface area contributed by atoms with Crippen LogP contribution in [0.25, 0.3) is 22.3 Å². The van der Waals surface area contributed by atoms with Gasteiger partial charge < -0.3 is 5.32 Å². The molecule has 0 spiro atoms. The van der Waals surface area contributed by atoms with Gasteiger partial charge in [-0.2, -0.15) is 18.3 Å². The Labute approximate surface area is 145 Å². The molecule has 0 saturated heterocycles. The fourth-order valence-corrected chi connectivity index (χ4v) is 2.55. The lowest BCUT2D eigenvalue weighted by Gasteiger charge is -2.10. The molecule has 1 aromatic carbocycles. The minimum Gasteiger partial charge on any atom is -0.324 e. The maximum atomic E-state index is 12.8. The molecule has 0 saturated carbocycles. The van der Waals surface area contributed by atoms with Crippen LogP contribution in [0.4, 0.5) is 24.8 Å². The number of H-pyrrole nitrogens is 1. The lowest BCUT2D eigenvalue weighted by atomic mass is 10.1. The SMILES string of the molecule is FC(F)(F)c1cccc(Nc2nccc(-c3ccnc4[nH]ncc34)n2)c1. The van der Waals surface area contributed by atoms with Crippen molar-refractivity contribution in [2.24, 2.45) is 0 Å². The van der Waals surface area contributed by atoms with Crippen LogP contribution in [0.5, 0.6) is 0 Å². The summed E-state index contributed by atoms with van der Waals surface area (Å²) in [5.41, 5.74) is 1.52. The molecule has 0 aliphatic rings.